The van der Waals surface area contributed by atoms with E-state index in [1.165, 1.54) is 6.07 Å². The van der Waals surface area contributed by atoms with Gasteiger partial charge in [0.1, 0.15) is 31.1 Å². The highest BCUT2D eigenvalue weighted by atomic mass is 19.1. The van der Waals surface area contributed by atoms with Crippen LogP contribution < -0.4 is 14.8 Å². The van der Waals surface area contributed by atoms with E-state index >= 15 is 0 Å². The highest BCUT2D eigenvalue weighted by molar-refractivity contribution is 5.80. The first kappa shape index (κ1) is 18.4. The topological polar surface area (TPSA) is 78.5 Å². The molecule has 0 aliphatic carbocycles. The zero-order valence-corrected chi connectivity index (χ0v) is 16.7. The number of rotatable bonds is 2. The van der Waals surface area contributed by atoms with Crippen LogP contribution in [0.5, 0.6) is 11.5 Å². The minimum absolute atomic E-state index is 0.269. The molecule has 0 fully saturated rings. The molecule has 0 spiro atoms. The van der Waals surface area contributed by atoms with Crippen molar-refractivity contribution < 1.29 is 13.9 Å². The number of nitrogens with one attached hydrogen (secondary N) is 1. The second kappa shape index (κ2) is 7.33. The summed E-state index contributed by atoms with van der Waals surface area (Å²) in [7, 11) is 0. The molecule has 1 aliphatic rings. The molecule has 1 aliphatic heterocycles. The summed E-state index contributed by atoms with van der Waals surface area (Å²) in [6.45, 7) is 5.56. The molecule has 3 aromatic heterocycles. The van der Waals surface area contributed by atoms with E-state index in [4.69, 9.17) is 9.47 Å². The molecule has 30 heavy (non-hydrogen) atoms. The predicted octanol–water partition coefficient (Wildman–Crippen LogP) is 3.44. The van der Waals surface area contributed by atoms with Gasteiger partial charge in [-0.05, 0) is 43.7 Å². The molecule has 0 atom stereocenters. The minimum atomic E-state index is -0.280. The Morgan fingerprint density at radius 3 is 2.83 bits per heavy atom. The Morgan fingerprint density at radius 2 is 2.00 bits per heavy atom. The molecule has 0 radical (unpaired) electrons. The molecule has 154 valence electrons. The number of nitrogens with zero attached hydrogens (tertiary/aromatic N) is 5. The molecule has 4 heterocycles. The Labute approximate surface area is 172 Å². The van der Waals surface area contributed by atoms with Gasteiger partial charge in [-0.25, -0.2) is 4.39 Å². The standard InChI is InChI=1S/C21H21FN6O2/c1-3-28-17(6-7-25-28)14-10-19-21(27-12-24-26-20(14)27)23-11-15-13(2)18(5-4-16(15)22)29-8-9-30-19/h4-7,10,12,23H,3,8-9,11H2,1-2H3. The SMILES string of the molecule is CCn1nccc1-c1cc2c(n3cnnc13)NCc1c(F)ccc(c1C)OCCO2. The van der Waals surface area contributed by atoms with Gasteiger partial charge in [-0.1, -0.05) is 0 Å². The number of hydrogen-bond acceptors (Lipinski definition) is 6. The second-order valence-corrected chi connectivity index (χ2v) is 7.03. The van der Waals surface area contributed by atoms with Crippen LogP contribution in [0.15, 0.2) is 36.8 Å². The largest absolute Gasteiger partial charge is 0.490 e. The molecule has 8 nitrogen and oxygen atoms in total. The van der Waals surface area contributed by atoms with Gasteiger partial charge in [0.2, 0.25) is 0 Å². The average Bonchev–Trinajstić information content (AvgIpc) is 3.41. The van der Waals surface area contributed by atoms with Crippen LogP contribution in [0, 0.1) is 12.7 Å². The lowest BCUT2D eigenvalue weighted by Gasteiger charge is -2.17. The Morgan fingerprint density at radius 1 is 1.17 bits per heavy atom. The lowest BCUT2D eigenvalue weighted by molar-refractivity contribution is 0.216. The number of benzene rings is 1. The maximum atomic E-state index is 14.5. The third kappa shape index (κ3) is 2.94. The molecule has 0 amide bonds. The van der Waals surface area contributed by atoms with Crippen LogP contribution in [-0.4, -0.2) is 37.6 Å². The van der Waals surface area contributed by atoms with Gasteiger partial charge < -0.3 is 14.8 Å². The van der Waals surface area contributed by atoms with Crippen molar-refractivity contribution in [3.8, 4) is 22.8 Å². The quantitative estimate of drug-likeness (QED) is 0.547. The van der Waals surface area contributed by atoms with Crippen molar-refractivity contribution >= 4 is 11.5 Å². The first-order valence-corrected chi connectivity index (χ1v) is 9.83. The number of anilines is 1. The van der Waals surface area contributed by atoms with Crippen LogP contribution in [0.3, 0.4) is 0 Å². The van der Waals surface area contributed by atoms with Crippen LogP contribution >= 0.6 is 0 Å². The summed E-state index contributed by atoms with van der Waals surface area (Å²) in [5, 5.41) is 16.1. The van der Waals surface area contributed by atoms with Crippen LogP contribution in [0.1, 0.15) is 18.1 Å². The Bertz CT molecular complexity index is 1230. The Balaban J connectivity index is 1.66. The van der Waals surface area contributed by atoms with Crippen molar-refractivity contribution in [2.45, 2.75) is 26.9 Å². The number of aromatic nitrogens is 5. The van der Waals surface area contributed by atoms with Gasteiger partial charge in [0.25, 0.3) is 0 Å². The van der Waals surface area contributed by atoms with Crippen molar-refractivity contribution in [3.05, 3.63) is 53.7 Å². The van der Waals surface area contributed by atoms with Crippen LogP contribution in [0.4, 0.5) is 10.2 Å². The van der Waals surface area contributed by atoms with Gasteiger partial charge in [0.15, 0.2) is 17.2 Å². The normalized spacial score (nSPS) is 13.7. The number of hydrogen-bond donors (Lipinski definition) is 1. The summed E-state index contributed by atoms with van der Waals surface area (Å²) in [6, 6.07) is 6.95. The van der Waals surface area contributed by atoms with E-state index in [2.05, 4.69) is 20.6 Å². The van der Waals surface area contributed by atoms with Gasteiger partial charge in [-0.3, -0.25) is 9.08 Å². The van der Waals surface area contributed by atoms with E-state index in [1.54, 1.807) is 18.6 Å². The molecule has 0 unspecified atom stereocenters. The van der Waals surface area contributed by atoms with Crippen LogP contribution in [-0.2, 0) is 13.1 Å². The van der Waals surface area contributed by atoms with E-state index in [0.29, 0.717) is 41.7 Å². The molecular formula is C21H21FN6O2. The first-order valence-electron chi connectivity index (χ1n) is 9.83. The lowest BCUT2D eigenvalue weighted by Crippen LogP contribution is -2.12. The zero-order valence-electron chi connectivity index (χ0n) is 16.7. The van der Waals surface area contributed by atoms with E-state index < -0.39 is 0 Å². The summed E-state index contributed by atoms with van der Waals surface area (Å²) in [4.78, 5) is 0. The van der Waals surface area contributed by atoms with E-state index in [1.807, 2.05) is 35.1 Å². The summed E-state index contributed by atoms with van der Waals surface area (Å²) < 4.78 is 30.1. The minimum Gasteiger partial charge on any atom is -0.490 e. The van der Waals surface area contributed by atoms with Crippen LogP contribution in [0.2, 0.25) is 0 Å². The molecule has 4 aromatic rings. The van der Waals surface area contributed by atoms with E-state index in [9.17, 15) is 4.39 Å². The Kier molecular flexibility index (Phi) is 4.50. The molecular weight excluding hydrogens is 387 g/mol. The molecule has 1 N–H and O–H groups in total. The van der Waals surface area contributed by atoms with Crippen molar-refractivity contribution in [1.29, 1.82) is 0 Å². The van der Waals surface area contributed by atoms with Crippen molar-refractivity contribution in [2.24, 2.45) is 0 Å². The molecule has 2 bridgehead atoms. The van der Waals surface area contributed by atoms with Crippen molar-refractivity contribution in [2.75, 3.05) is 18.5 Å². The fraction of sp³-hybridized carbons (Fsp3) is 0.286. The zero-order chi connectivity index (χ0) is 20.7. The highest BCUT2D eigenvalue weighted by Gasteiger charge is 2.20. The van der Waals surface area contributed by atoms with Crippen LogP contribution in [0.25, 0.3) is 16.9 Å². The van der Waals surface area contributed by atoms with Crippen molar-refractivity contribution in [1.82, 2.24) is 24.4 Å². The summed E-state index contributed by atoms with van der Waals surface area (Å²) in [5.41, 5.74) is 3.76. The third-order valence-corrected chi connectivity index (χ3v) is 5.35. The van der Waals surface area contributed by atoms with Crippen molar-refractivity contribution in [3.63, 3.8) is 0 Å². The lowest BCUT2D eigenvalue weighted by atomic mass is 10.1. The number of pyridine rings is 1. The fourth-order valence-corrected chi connectivity index (χ4v) is 3.80. The predicted molar refractivity (Wildman–Crippen MR) is 109 cm³/mol. The molecule has 9 heteroatoms. The second-order valence-electron chi connectivity index (χ2n) is 7.03. The van der Waals surface area contributed by atoms with Gasteiger partial charge in [-0.15, -0.1) is 10.2 Å². The fourth-order valence-electron chi connectivity index (χ4n) is 3.80. The molecule has 0 saturated heterocycles. The number of fused-ring (bicyclic) bond motifs is 5. The van der Waals surface area contributed by atoms with Gasteiger partial charge in [0.05, 0.1) is 5.69 Å². The van der Waals surface area contributed by atoms with E-state index in [-0.39, 0.29) is 12.4 Å². The first-order chi connectivity index (χ1) is 14.7. The Hall–Kier alpha value is -3.62. The molecule has 5 rings (SSSR count). The smallest absolute Gasteiger partial charge is 0.171 e. The maximum Gasteiger partial charge on any atom is 0.171 e. The average molecular weight is 408 g/mol. The monoisotopic (exact) mass is 408 g/mol. The third-order valence-electron chi connectivity index (χ3n) is 5.35. The molecule has 0 saturated carbocycles. The maximum absolute atomic E-state index is 14.5. The van der Waals surface area contributed by atoms with E-state index in [0.717, 1.165) is 23.4 Å². The summed E-state index contributed by atoms with van der Waals surface area (Å²) in [5.74, 6) is 1.65. The molecule has 1 aromatic carbocycles. The van der Waals surface area contributed by atoms with Gasteiger partial charge in [-0.2, -0.15) is 5.10 Å². The highest BCUT2D eigenvalue weighted by Crippen LogP contribution is 2.35. The van der Waals surface area contributed by atoms with Gasteiger partial charge in [0, 0.05) is 30.4 Å². The summed E-state index contributed by atoms with van der Waals surface area (Å²) >= 11 is 0. The van der Waals surface area contributed by atoms with Gasteiger partial charge >= 0.3 is 0 Å². The summed E-state index contributed by atoms with van der Waals surface area (Å²) in [6.07, 6.45) is 3.38. The number of aryl methyl sites for hydroxylation is 1. The number of halogens is 1. The number of ether oxygens (including phenoxy) is 2.